The normalized spacial score (nSPS) is 10.8. The van der Waals surface area contributed by atoms with Crippen LogP contribution in [0.2, 0.25) is 0 Å². The van der Waals surface area contributed by atoms with Crippen LogP contribution in [-0.4, -0.2) is 21.5 Å². The van der Waals surface area contributed by atoms with E-state index < -0.39 is 0 Å². The second kappa shape index (κ2) is 7.24. The van der Waals surface area contributed by atoms with Crippen molar-refractivity contribution in [2.45, 2.75) is 43.0 Å². The van der Waals surface area contributed by atoms with Crippen LogP contribution in [0.15, 0.2) is 40.5 Å². The molecule has 0 fully saturated rings. The summed E-state index contributed by atoms with van der Waals surface area (Å²) in [7, 11) is 0. The minimum Gasteiger partial charge on any atom is -0.370 e. The standard InChI is InChI=1S/C15H20N4S/c1-4-7-17-13-10-14(19-15(18-13)11(2)3)20-12-5-8-16-9-6-12/h5-6,8-11H,4,7H2,1-3H3,(H,17,18,19). The fraction of sp³-hybridized carbons (Fsp3) is 0.400. The summed E-state index contributed by atoms with van der Waals surface area (Å²) < 4.78 is 0. The molecule has 0 amide bonds. The molecule has 2 aromatic rings. The summed E-state index contributed by atoms with van der Waals surface area (Å²) >= 11 is 1.64. The Labute approximate surface area is 124 Å². The van der Waals surface area contributed by atoms with Crippen molar-refractivity contribution in [3.63, 3.8) is 0 Å². The van der Waals surface area contributed by atoms with Gasteiger partial charge in [0.15, 0.2) is 0 Å². The molecular weight excluding hydrogens is 268 g/mol. The molecule has 0 atom stereocenters. The maximum absolute atomic E-state index is 4.63. The number of hydrogen-bond donors (Lipinski definition) is 1. The maximum Gasteiger partial charge on any atom is 0.134 e. The molecule has 1 N–H and O–H groups in total. The second-order valence-corrected chi connectivity index (χ2v) is 5.91. The van der Waals surface area contributed by atoms with Gasteiger partial charge in [0.2, 0.25) is 0 Å². The summed E-state index contributed by atoms with van der Waals surface area (Å²) in [6.07, 6.45) is 4.67. The Morgan fingerprint density at radius 1 is 1.20 bits per heavy atom. The number of anilines is 1. The van der Waals surface area contributed by atoms with E-state index >= 15 is 0 Å². The molecule has 0 aliphatic rings. The van der Waals surface area contributed by atoms with Crippen LogP contribution >= 0.6 is 11.8 Å². The van der Waals surface area contributed by atoms with Gasteiger partial charge in [0.05, 0.1) is 0 Å². The third kappa shape index (κ3) is 4.20. The SMILES string of the molecule is CCCNc1cc(Sc2ccncc2)nc(C(C)C)n1. The van der Waals surface area contributed by atoms with Gasteiger partial charge < -0.3 is 5.32 Å². The Morgan fingerprint density at radius 3 is 2.60 bits per heavy atom. The lowest BCUT2D eigenvalue weighted by Crippen LogP contribution is -2.06. The third-order valence-corrected chi connectivity index (χ3v) is 3.59. The molecular formula is C15H20N4S. The van der Waals surface area contributed by atoms with E-state index in [1.54, 1.807) is 24.2 Å². The first kappa shape index (κ1) is 14.8. The van der Waals surface area contributed by atoms with Gasteiger partial charge in [-0.15, -0.1) is 0 Å². The van der Waals surface area contributed by atoms with Crippen LogP contribution in [-0.2, 0) is 0 Å². The van der Waals surface area contributed by atoms with Gasteiger partial charge in [0.25, 0.3) is 0 Å². The lowest BCUT2D eigenvalue weighted by atomic mass is 10.2. The van der Waals surface area contributed by atoms with Crippen LogP contribution in [0.25, 0.3) is 0 Å². The summed E-state index contributed by atoms with van der Waals surface area (Å²) in [6, 6.07) is 5.98. The molecule has 2 rings (SSSR count). The topological polar surface area (TPSA) is 50.7 Å². The van der Waals surface area contributed by atoms with Crippen molar-refractivity contribution in [2.75, 3.05) is 11.9 Å². The predicted octanol–water partition coefficient (Wildman–Crippen LogP) is 3.97. The number of nitrogens with zero attached hydrogens (tertiary/aromatic N) is 3. The molecule has 5 heteroatoms. The molecule has 0 saturated heterocycles. The van der Waals surface area contributed by atoms with E-state index in [4.69, 9.17) is 0 Å². The van der Waals surface area contributed by atoms with Crippen LogP contribution < -0.4 is 5.32 Å². The minimum atomic E-state index is 0.315. The van der Waals surface area contributed by atoms with Gasteiger partial charge in [-0.25, -0.2) is 9.97 Å². The molecule has 4 nitrogen and oxygen atoms in total. The molecule has 0 aliphatic carbocycles. The van der Waals surface area contributed by atoms with Gasteiger partial charge in [-0.3, -0.25) is 4.98 Å². The smallest absolute Gasteiger partial charge is 0.134 e. The Kier molecular flexibility index (Phi) is 5.35. The van der Waals surface area contributed by atoms with Gasteiger partial charge >= 0.3 is 0 Å². The van der Waals surface area contributed by atoms with Gasteiger partial charge in [0, 0.05) is 35.8 Å². The Balaban J connectivity index is 2.24. The molecule has 0 bridgehead atoms. The summed E-state index contributed by atoms with van der Waals surface area (Å²) in [4.78, 5) is 14.4. The van der Waals surface area contributed by atoms with Crippen LogP contribution in [0.1, 0.15) is 38.9 Å². The minimum absolute atomic E-state index is 0.315. The van der Waals surface area contributed by atoms with Crippen LogP contribution in [0, 0.1) is 0 Å². The molecule has 0 unspecified atom stereocenters. The first-order valence-electron chi connectivity index (χ1n) is 6.89. The summed E-state index contributed by atoms with van der Waals surface area (Å²) in [6.45, 7) is 7.29. The Bertz CT molecular complexity index is 543. The molecule has 0 spiro atoms. The van der Waals surface area contributed by atoms with E-state index in [0.29, 0.717) is 5.92 Å². The Morgan fingerprint density at radius 2 is 1.95 bits per heavy atom. The largest absolute Gasteiger partial charge is 0.370 e. The lowest BCUT2D eigenvalue weighted by Gasteiger charge is -2.11. The predicted molar refractivity (Wildman–Crippen MR) is 83.3 cm³/mol. The zero-order valence-electron chi connectivity index (χ0n) is 12.1. The molecule has 106 valence electrons. The highest BCUT2D eigenvalue weighted by Crippen LogP contribution is 2.28. The number of hydrogen-bond acceptors (Lipinski definition) is 5. The molecule has 2 heterocycles. The van der Waals surface area contributed by atoms with E-state index in [9.17, 15) is 0 Å². The van der Waals surface area contributed by atoms with E-state index in [0.717, 1.165) is 34.5 Å². The number of nitrogens with one attached hydrogen (secondary N) is 1. The van der Waals surface area contributed by atoms with Gasteiger partial charge in [-0.05, 0) is 18.6 Å². The summed E-state index contributed by atoms with van der Waals surface area (Å²) in [5.41, 5.74) is 0. The Hall–Kier alpha value is -1.62. The molecule has 0 aromatic carbocycles. The van der Waals surface area contributed by atoms with Crippen molar-refractivity contribution in [3.05, 3.63) is 36.4 Å². The van der Waals surface area contributed by atoms with E-state index in [1.165, 1.54) is 0 Å². The second-order valence-electron chi connectivity index (χ2n) is 4.82. The van der Waals surface area contributed by atoms with Crippen LogP contribution in [0.4, 0.5) is 5.82 Å². The number of pyridine rings is 1. The number of rotatable bonds is 6. The first-order valence-corrected chi connectivity index (χ1v) is 7.71. The zero-order valence-corrected chi connectivity index (χ0v) is 12.9. The van der Waals surface area contributed by atoms with Crippen molar-refractivity contribution in [1.29, 1.82) is 0 Å². The molecule has 0 aliphatic heterocycles. The van der Waals surface area contributed by atoms with Crippen molar-refractivity contribution in [1.82, 2.24) is 15.0 Å². The van der Waals surface area contributed by atoms with Crippen molar-refractivity contribution in [3.8, 4) is 0 Å². The average Bonchev–Trinajstić information content (AvgIpc) is 2.46. The maximum atomic E-state index is 4.63. The lowest BCUT2D eigenvalue weighted by molar-refractivity contribution is 0.753. The number of aromatic nitrogens is 3. The highest BCUT2D eigenvalue weighted by molar-refractivity contribution is 7.99. The van der Waals surface area contributed by atoms with Crippen LogP contribution in [0.3, 0.4) is 0 Å². The third-order valence-electron chi connectivity index (χ3n) is 2.66. The molecule has 2 aromatic heterocycles. The highest BCUT2D eigenvalue weighted by atomic mass is 32.2. The van der Waals surface area contributed by atoms with Crippen molar-refractivity contribution in [2.24, 2.45) is 0 Å². The average molecular weight is 288 g/mol. The molecule has 0 radical (unpaired) electrons. The van der Waals surface area contributed by atoms with Gasteiger partial charge in [-0.1, -0.05) is 32.5 Å². The quantitative estimate of drug-likeness (QED) is 0.815. The highest BCUT2D eigenvalue weighted by Gasteiger charge is 2.09. The van der Waals surface area contributed by atoms with E-state index in [1.807, 2.05) is 18.2 Å². The van der Waals surface area contributed by atoms with Gasteiger partial charge in [0.1, 0.15) is 16.7 Å². The van der Waals surface area contributed by atoms with Crippen LogP contribution in [0.5, 0.6) is 0 Å². The summed E-state index contributed by atoms with van der Waals surface area (Å²) in [5, 5.41) is 4.31. The fourth-order valence-corrected chi connectivity index (χ4v) is 2.43. The summed E-state index contributed by atoms with van der Waals surface area (Å²) in [5.74, 6) is 2.10. The van der Waals surface area contributed by atoms with Gasteiger partial charge in [-0.2, -0.15) is 0 Å². The van der Waals surface area contributed by atoms with E-state index in [-0.39, 0.29) is 0 Å². The molecule has 0 saturated carbocycles. The monoisotopic (exact) mass is 288 g/mol. The fourth-order valence-electron chi connectivity index (χ4n) is 1.62. The zero-order chi connectivity index (χ0) is 14.4. The van der Waals surface area contributed by atoms with E-state index in [2.05, 4.69) is 41.0 Å². The van der Waals surface area contributed by atoms with Crippen molar-refractivity contribution >= 4 is 17.6 Å². The molecule has 20 heavy (non-hydrogen) atoms. The van der Waals surface area contributed by atoms with Crippen molar-refractivity contribution < 1.29 is 0 Å². The first-order chi connectivity index (χ1) is 9.69.